The smallest absolute Gasteiger partial charge is 0.0546 e. The van der Waals surface area contributed by atoms with E-state index in [1.165, 1.54) is 97.7 Å². The molecule has 1 aliphatic rings. The van der Waals surface area contributed by atoms with E-state index in [0.29, 0.717) is 0 Å². The molecule has 0 unspecified atom stereocenters. The lowest BCUT2D eigenvalue weighted by Crippen LogP contribution is -2.16. The summed E-state index contributed by atoms with van der Waals surface area (Å²) in [4.78, 5) is 2.45. The van der Waals surface area contributed by atoms with E-state index >= 15 is 0 Å². The molecule has 0 saturated heterocycles. The molecule has 1 aliphatic carbocycles. The monoisotopic (exact) mass is 821 g/mol. The first kappa shape index (κ1) is 37.3. The number of rotatable bonds is 7. The standard InChI is InChI=1S/C61H43NS/c1-61(2)56-21-10-8-17-52(56)54-20-12-19-51(60(54)61)43-27-33-49(34-28-43)62(48-31-25-41(26-32-48)46-30-36-59-55(38-46)53-18-9-11-22-58(53)63-59)57-39-47(29-35-50(57)42-14-4-3-5-15-42)45-24-23-40-13-6-7-16-44(40)37-45/h3-39H,1-2H3. The van der Waals surface area contributed by atoms with Crippen LogP contribution in [0.4, 0.5) is 17.1 Å². The van der Waals surface area contributed by atoms with Gasteiger partial charge >= 0.3 is 0 Å². The second-order valence-corrected chi connectivity index (χ2v) is 18.4. The lowest BCUT2D eigenvalue weighted by atomic mass is 9.79. The highest BCUT2D eigenvalue weighted by atomic mass is 32.1. The minimum atomic E-state index is -0.107. The van der Waals surface area contributed by atoms with Gasteiger partial charge in [0.25, 0.3) is 0 Å². The van der Waals surface area contributed by atoms with Crippen molar-refractivity contribution in [2.24, 2.45) is 0 Å². The molecule has 0 saturated carbocycles. The maximum absolute atomic E-state index is 2.45. The predicted molar refractivity (Wildman–Crippen MR) is 271 cm³/mol. The van der Waals surface area contributed by atoms with Gasteiger partial charge < -0.3 is 4.90 Å². The third kappa shape index (κ3) is 6.29. The molecule has 0 bridgehead atoms. The van der Waals surface area contributed by atoms with E-state index in [9.17, 15) is 0 Å². The third-order valence-corrected chi connectivity index (χ3v) is 14.4. The lowest BCUT2D eigenvalue weighted by molar-refractivity contribution is 0.662. The molecule has 0 aliphatic heterocycles. The molecule has 11 aromatic rings. The van der Waals surface area contributed by atoms with Crippen molar-refractivity contribution >= 4 is 59.3 Å². The molecule has 63 heavy (non-hydrogen) atoms. The van der Waals surface area contributed by atoms with Gasteiger partial charge in [-0.1, -0.05) is 184 Å². The van der Waals surface area contributed by atoms with Crippen LogP contribution in [0.1, 0.15) is 25.0 Å². The molecule has 2 heteroatoms. The normalized spacial score (nSPS) is 12.7. The Hall–Kier alpha value is -7.52. The van der Waals surface area contributed by atoms with Crippen LogP contribution >= 0.6 is 11.3 Å². The maximum Gasteiger partial charge on any atom is 0.0546 e. The van der Waals surface area contributed by atoms with Gasteiger partial charge in [-0.3, -0.25) is 0 Å². The Balaban J connectivity index is 1.02. The van der Waals surface area contributed by atoms with E-state index in [0.717, 1.165) is 17.1 Å². The molecule has 298 valence electrons. The number of hydrogen-bond acceptors (Lipinski definition) is 2. The number of thiophene rings is 1. The summed E-state index contributed by atoms with van der Waals surface area (Å²) >= 11 is 1.86. The van der Waals surface area contributed by atoms with Crippen LogP contribution in [0.15, 0.2) is 224 Å². The molecule has 0 fully saturated rings. The number of nitrogens with zero attached hydrogens (tertiary/aromatic N) is 1. The molecule has 1 nitrogen and oxygen atoms in total. The average Bonchev–Trinajstić information content (AvgIpc) is 3.83. The van der Waals surface area contributed by atoms with Gasteiger partial charge in [0.15, 0.2) is 0 Å². The third-order valence-electron chi connectivity index (χ3n) is 13.3. The Labute approximate surface area is 372 Å². The summed E-state index contributed by atoms with van der Waals surface area (Å²) in [6.07, 6.45) is 0. The van der Waals surface area contributed by atoms with Gasteiger partial charge in [0.1, 0.15) is 0 Å². The fraction of sp³-hybridized carbons (Fsp3) is 0.0492. The SMILES string of the molecule is CC1(C)c2ccccc2-c2cccc(-c3ccc(N(c4ccc(-c5ccc6sc7ccccc7c6c5)cc4)c4cc(-c5ccc6ccccc6c5)ccc4-c4ccccc4)cc3)c21. The van der Waals surface area contributed by atoms with Crippen LogP contribution in [0, 0.1) is 0 Å². The average molecular weight is 822 g/mol. The zero-order valence-electron chi connectivity index (χ0n) is 35.2. The maximum atomic E-state index is 2.45. The summed E-state index contributed by atoms with van der Waals surface area (Å²) in [5.41, 5.74) is 18.3. The highest BCUT2D eigenvalue weighted by molar-refractivity contribution is 7.25. The zero-order valence-corrected chi connectivity index (χ0v) is 36.0. The number of fused-ring (bicyclic) bond motifs is 7. The van der Waals surface area contributed by atoms with Crippen LogP contribution in [0.2, 0.25) is 0 Å². The fourth-order valence-corrected chi connectivity index (χ4v) is 11.2. The van der Waals surface area contributed by atoms with Crippen molar-refractivity contribution in [3.05, 3.63) is 236 Å². The molecule has 1 aromatic heterocycles. The second kappa shape index (κ2) is 14.8. The van der Waals surface area contributed by atoms with Crippen molar-refractivity contribution in [3.8, 4) is 55.6 Å². The van der Waals surface area contributed by atoms with Crippen LogP contribution in [0.5, 0.6) is 0 Å². The first-order valence-corrected chi connectivity index (χ1v) is 22.6. The summed E-state index contributed by atoms with van der Waals surface area (Å²) < 4.78 is 2.65. The quantitative estimate of drug-likeness (QED) is 0.155. The van der Waals surface area contributed by atoms with E-state index in [1.807, 2.05) is 11.3 Å². The molecular weight excluding hydrogens is 779 g/mol. The molecular formula is C61H43NS. The largest absolute Gasteiger partial charge is 0.310 e. The van der Waals surface area contributed by atoms with Crippen LogP contribution < -0.4 is 4.90 Å². The Kier molecular flexibility index (Phi) is 8.77. The fourth-order valence-electron chi connectivity index (χ4n) is 10.1. The lowest BCUT2D eigenvalue weighted by Gasteiger charge is -2.29. The summed E-state index contributed by atoms with van der Waals surface area (Å²) in [6.45, 7) is 4.74. The molecule has 10 aromatic carbocycles. The second-order valence-electron chi connectivity index (χ2n) is 17.3. The Morgan fingerprint density at radius 3 is 1.75 bits per heavy atom. The van der Waals surface area contributed by atoms with Gasteiger partial charge in [-0.2, -0.15) is 0 Å². The number of anilines is 3. The van der Waals surface area contributed by atoms with E-state index in [2.05, 4.69) is 243 Å². The van der Waals surface area contributed by atoms with Crippen molar-refractivity contribution in [1.82, 2.24) is 0 Å². The highest BCUT2D eigenvalue weighted by Gasteiger charge is 2.37. The van der Waals surface area contributed by atoms with E-state index < -0.39 is 0 Å². The van der Waals surface area contributed by atoms with Crippen LogP contribution in [-0.2, 0) is 5.41 Å². The summed E-state index contributed by atoms with van der Waals surface area (Å²) in [6, 6.07) is 83.0. The minimum Gasteiger partial charge on any atom is -0.310 e. The van der Waals surface area contributed by atoms with E-state index in [1.54, 1.807) is 0 Å². The van der Waals surface area contributed by atoms with Gasteiger partial charge in [0.2, 0.25) is 0 Å². The predicted octanol–water partition coefficient (Wildman–Crippen LogP) is 17.7. The highest BCUT2D eigenvalue weighted by Crippen LogP contribution is 2.52. The molecule has 0 amide bonds. The van der Waals surface area contributed by atoms with Crippen LogP contribution in [-0.4, -0.2) is 0 Å². The first-order chi connectivity index (χ1) is 31.0. The van der Waals surface area contributed by atoms with Crippen molar-refractivity contribution in [1.29, 1.82) is 0 Å². The number of hydrogen-bond donors (Lipinski definition) is 0. The van der Waals surface area contributed by atoms with Gasteiger partial charge in [0, 0.05) is 42.5 Å². The van der Waals surface area contributed by atoms with Crippen molar-refractivity contribution in [2.75, 3.05) is 4.90 Å². The minimum absolute atomic E-state index is 0.107. The van der Waals surface area contributed by atoms with E-state index in [4.69, 9.17) is 0 Å². The summed E-state index contributed by atoms with van der Waals surface area (Å²) in [5.74, 6) is 0. The molecule has 0 spiro atoms. The van der Waals surface area contributed by atoms with Crippen molar-refractivity contribution in [3.63, 3.8) is 0 Å². The number of benzene rings is 10. The Morgan fingerprint density at radius 2 is 0.921 bits per heavy atom. The zero-order chi connectivity index (χ0) is 42.1. The molecule has 0 atom stereocenters. The molecule has 0 radical (unpaired) electrons. The molecule has 1 heterocycles. The summed E-state index contributed by atoms with van der Waals surface area (Å²) in [5, 5.41) is 5.11. The van der Waals surface area contributed by atoms with Crippen LogP contribution in [0.3, 0.4) is 0 Å². The van der Waals surface area contributed by atoms with E-state index in [-0.39, 0.29) is 5.41 Å². The van der Waals surface area contributed by atoms with Gasteiger partial charge in [-0.05, 0) is 127 Å². The Morgan fingerprint density at radius 1 is 0.349 bits per heavy atom. The van der Waals surface area contributed by atoms with Gasteiger partial charge in [-0.15, -0.1) is 11.3 Å². The van der Waals surface area contributed by atoms with Crippen molar-refractivity contribution in [2.45, 2.75) is 19.3 Å². The molecule has 0 N–H and O–H groups in total. The summed E-state index contributed by atoms with van der Waals surface area (Å²) in [7, 11) is 0. The topological polar surface area (TPSA) is 3.24 Å². The van der Waals surface area contributed by atoms with Crippen molar-refractivity contribution < 1.29 is 0 Å². The Bertz CT molecular complexity index is 3520. The molecule has 12 rings (SSSR count). The first-order valence-electron chi connectivity index (χ1n) is 21.8. The van der Waals surface area contributed by atoms with Crippen LogP contribution in [0.25, 0.3) is 86.6 Å². The van der Waals surface area contributed by atoms with Gasteiger partial charge in [-0.25, -0.2) is 0 Å². The van der Waals surface area contributed by atoms with Gasteiger partial charge in [0.05, 0.1) is 5.69 Å².